The molecule has 0 heterocycles. The van der Waals surface area contributed by atoms with E-state index in [1.165, 1.54) is 18.4 Å². The lowest BCUT2D eigenvalue weighted by Crippen LogP contribution is -2.30. The Labute approximate surface area is 103 Å². The van der Waals surface area contributed by atoms with Gasteiger partial charge in [0, 0.05) is 25.4 Å². The molecule has 1 aromatic carbocycles. The largest absolute Gasteiger partial charge is 0.310 e. The normalized spacial score (nSPS) is 21.9. The number of benzene rings is 1. The van der Waals surface area contributed by atoms with Crippen molar-refractivity contribution < 1.29 is 4.79 Å². The molecule has 0 aromatic heterocycles. The van der Waals surface area contributed by atoms with E-state index >= 15 is 0 Å². The quantitative estimate of drug-likeness (QED) is 0.866. The molecule has 1 aromatic rings. The Hall–Kier alpha value is -1.15. The molecule has 2 rings (SSSR count). The van der Waals surface area contributed by atoms with Gasteiger partial charge in [0.15, 0.2) is 0 Å². The number of nitrogens with one attached hydrogen (secondary N) is 1. The van der Waals surface area contributed by atoms with Gasteiger partial charge in [-0.1, -0.05) is 36.8 Å². The van der Waals surface area contributed by atoms with Crippen molar-refractivity contribution in [2.75, 3.05) is 0 Å². The number of hydrogen-bond donors (Lipinski definition) is 1. The first-order valence-corrected chi connectivity index (χ1v) is 6.63. The van der Waals surface area contributed by atoms with E-state index in [9.17, 15) is 4.79 Å². The third-order valence-electron chi connectivity index (χ3n) is 3.47. The van der Waals surface area contributed by atoms with Crippen LogP contribution in [0.25, 0.3) is 0 Å². The zero-order chi connectivity index (χ0) is 11.9. The van der Waals surface area contributed by atoms with Crippen LogP contribution in [0, 0.1) is 0 Å². The van der Waals surface area contributed by atoms with Crippen LogP contribution in [0.15, 0.2) is 30.3 Å². The van der Waals surface area contributed by atoms with Crippen molar-refractivity contribution in [3.63, 3.8) is 0 Å². The van der Waals surface area contributed by atoms with Gasteiger partial charge in [0.05, 0.1) is 0 Å². The third-order valence-corrected chi connectivity index (χ3v) is 3.47. The van der Waals surface area contributed by atoms with E-state index in [0.717, 1.165) is 32.2 Å². The Kier molecular flexibility index (Phi) is 4.75. The standard InChI is InChI=1S/C15H21NO/c17-15-9-5-4-8-14(10-11-15)16-12-13-6-2-1-3-7-13/h1-3,6-7,14,16H,4-5,8-12H2. The minimum absolute atomic E-state index is 0.441. The van der Waals surface area contributed by atoms with Crippen molar-refractivity contribution in [2.24, 2.45) is 0 Å². The summed E-state index contributed by atoms with van der Waals surface area (Å²) in [5.74, 6) is 0.441. The lowest BCUT2D eigenvalue weighted by Gasteiger charge is -2.20. The Morgan fingerprint density at radius 2 is 1.88 bits per heavy atom. The van der Waals surface area contributed by atoms with E-state index in [4.69, 9.17) is 0 Å². The minimum atomic E-state index is 0.441. The van der Waals surface area contributed by atoms with Gasteiger partial charge >= 0.3 is 0 Å². The Balaban J connectivity index is 1.79. The van der Waals surface area contributed by atoms with Crippen LogP contribution in [0.2, 0.25) is 0 Å². The van der Waals surface area contributed by atoms with Crippen LogP contribution in [0.5, 0.6) is 0 Å². The maximum absolute atomic E-state index is 11.4. The van der Waals surface area contributed by atoms with E-state index in [1.54, 1.807) is 0 Å². The van der Waals surface area contributed by atoms with Crippen molar-refractivity contribution in [2.45, 2.75) is 51.1 Å². The molecule has 1 aliphatic carbocycles. The molecule has 17 heavy (non-hydrogen) atoms. The van der Waals surface area contributed by atoms with Gasteiger partial charge < -0.3 is 5.32 Å². The molecule has 1 aliphatic rings. The Morgan fingerprint density at radius 1 is 1.06 bits per heavy atom. The molecule has 0 aliphatic heterocycles. The maximum atomic E-state index is 11.4. The molecule has 1 saturated carbocycles. The summed E-state index contributed by atoms with van der Waals surface area (Å²) in [5.41, 5.74) is 1.32. The van der Waals surface area contributed by atoms with Gasteiger partial charge in [-0.2, -0.15) is 0 Å². The Bertz CT molecular complexity index is 347. The Morgan fingerprint density at radius 3 is 2.71 bits per heavy atom. The second-order valence-corrected chi connectivity index (χ2v) is 4.89. The lowest BCUT2D eigenvalue weighted by molar-refractivity contribution is -0.119. The van der Waals surface area contributed by atoms with Gasteiger partial charge in [-0.25, -0.2) is 0 Å². The predicted molar refractivity (Wildman–Crippen MR) is 69.8 cm³/mol. The average molecular weight is 231 g/mol. The summed E-state index contributed by atoms with van der Waals surface area (Å²) in [5, 5.41) is 3.57. The number of hydrogen-bond acceptors (Lipinski definition) is 2. The van der Waals surface area contributed by atoms with Crippen LogP contribution in [0.3, 0.4) is 0 Å². The van der Waals surface area contributed by atoms with E-state index < -0.39 is 0 Å². The van der Waals surface area contributed by atoms with Crippen molar-refractivity contribution in [3.8, 4) is 0 Å². The van der Waals surface area contributed by atoms with Gasteiger partial charge in [-0.15, -0.1) is 0 Å². The first kappa shape index (κ1) is 12.3. The lowest BCUT2D eigenvalue weighted by atomic mass is 9.96. The van der Waals surface area contributed by atoms with Crippen molar-refractivity contribution >= 4 is 5.78 Å². The fraction of sp³-hybridized carbons (Fsp3) is 0.533. The highest BCUT2D eigenvalue weighted by molar-refractivity contribution is 5.78. The van der Waals surface area contributed by atoms with Crippen LogP contribution in [0.4, 0.5) is 0 Å². The summed E-state index contributed by atoms with van der Waals surface area (Å²) in [6.07, 6.45) is 6.02. The van der Waals surface area contributed by atoms with Crippen LogP contribution in [-0.4, -0.2) is 11.8 Å². The SMILES string of the molecule is O=C1CCCCC(NCc2ccccc2)CC1. The molecule has 0 amide bonds. The monoisotopic (exact) mass is 231 g/mol. The molecule has 1 unspecified atom stereocenters. The summed E-state index contributed by atoms with van der Waals surface area (Å²) in [4.78, 5) is 11.4. The fourth-order valence-corrected chi connectivity index (χ4v) is 2.38. The second-order valence-electron chi connectivity index (χ2n) is 4.89. The fourth-order valence-electron chi connectivity index (χ4n) is 2.38. The van der Waals surface area contributed by atoms with Gasteiger partial charge in [-0.3, -0.25) is 4.79 Å². The van der Waals surface area contributed by atoms with Crippen molar-refractivity contribution in [1.29, 1.82) is 0 Å². The molecular weight excluding hydrogens is 210 g/mol. The van der Waals surface area contributed by atoms with Gasteiger partial charge in [0.2, 0.25) is 0 Å². The zero-order valence-corrected chi connectivity index (χ0v) is 10.3. The third kappa shape index (κ3) is 4.31. The molecule has 1 fully saturated rings. The van der Waals surface area contributed by atoms with Crippen molar-refractivity contribution in [3.05, 3.63) is 35.9 Å². The molecule has 0 saturated heterocycles. The van der Waals surface area contributed by atoms with E-state index in [0.29, 0.717) is 11.8 Å². The first-order chi connectivity index (χ1) is 8.34. The highest BCUT2D eigenvalue weighted by Crippen LogP contribution is 2.15. The average Bonchev–Trinajstić information content (AvgIpc) is 2.35. The summed E-state index contributed by atoms with van der Waals surface area (Å²) in [6.45, 7) is 0.916. The van der Waals surface area contributed by atoms with Crippen LogP contribution in [-0.2, 0) is 11.3 Å². The highest BCUT2D eigenvalue weighted by Gasteiger charge is 2.14. The van der Waals surface area contributed by atoms with Gasteiger partial charge in [0.25, 0.3) is 0 Å². The van der Waals surface area contributed by atoms with E-state index in [-0.39, 0.29) is 0 Å². The van der Waals surface area contributed by atoms with E-state index in [1.807, 2.05) is 6.07 Å². The summed E-state index contributed by atoms with van der Waals surface area (Å²) in [7, 11) is 0. The minimum Gasteiger partial charge on any atom is -0.310 e. The molecular formula is C15H21NO. The predicted octanol–water partition coefficient (Wildman–Crippen LogP) is 3.07. The molecule has 0 radical (unpaired) electrons. The molecule has 92 valence electrons. The topological polar surface area (TPSA) is 29.1 Å². The number of carbonyl (C=O) groups is 1. The van der Waals surface area contributed by atoms with Gasteiger partial charge in [-0.05, 0) is 24.8 Å². The van der Waals surface area contributed by atoms with E-state index in [2.05, 4.69) is 29.6 Å². The number of rotatable bonds is 3. The second kappa shape index (κ2) is 6.55. The summed E-state index contributed by atoms with van der Waals surface area (Å²) >= 11 is 0. The van der Waals surface area contributed by atoms with Crippen LogP contribution >= 0.6 is 0 Å². The zero-order valence-electron chi connectivity index (χ0n) is 10.3. The molecule has 0 spiro atoms. The molecule has 1 N–H and O–H groups in total. The summed E-state index contributed by atoms with van der Waals surface area (Å²) < 4.78 is 0. The summed E-state index contributed by atoms with van der Waals surface area (Å²) in [6, 6.07) is 11.0. The highest BCUT2D eigenvalue weighted by atomic mass is 16.1. The maximum Gasteiger partial charge on any atom is 0.132 e. The first-order valence-electron chi connectivity index (χ1n) is 6.63. The van der Waals surface area contributed by atoms with Crippen molar-refractivity contribution in [1.82, 2.24) is 5.32 Å². The number of carbonyl (C=O) groups excluding carboxylic acids is 1. The molecule has 2 nitrogen and oxygen atoms in total. The molecule has 0 bridgehead atoms. The smallest absolute Gasteiger partial charge is 0.132 e. The molecule has 2 heteroatoms. The number of Topliss-reactive ketones (excluding diaryl/α,β-unsaturated/α-hetero) is 1. The van der Waals surface area contributed by atoms with Crippen LogP contribution in [0.1, 0.15) is 44.1 Å². The molecule has 1 atom stereocenters. The van der Waals surface area contributed by atoms with Gasteiger partial charge in [0.1, 0.15) is 5.78 Å². The van der Waals surface area contributed by atoms with Crippen LogP contribution < -0.4 is 5.32 Å². The number of ketones is 1.